The molecule has 0 saturated carbocycles. The molecule has 0 aliphatic carbocycles. The molecule has 29 heavy (non-hydrogen) atoms. The van der Waals surface area contributed by atoms with Gasteiger partial charge < -0.3 is 0 Å². The van der Waals surface area contributed by atoms with Crippen LogP contribution < -0.4 is 0 Å². The molecule has 0 atom stereocenters. The van der Waals surface area contributed by atoms with Crippen molar-refractivity contribution in [3.63, 3.8) is 0 Å². The highest BCUT2D eigenvalue weighted by atomic mass is 35.5. The molecule has 0 fully saturated rings. The summed E-state index contributed by atoms with van der Waals surface area (Å²) in [5.74, 6) is 1.12. The lowest BCUT2D eigenvalue weighted by atomic mass is 9.96. The summed E-state index contributed by atoms with van der Waals surface area (Å²) < 4.78 is 0. The Morgan fingerprint density at radius 3 is 2.79 bits per heavy atom. The van der Waals surface area contributed by atoms with Gasteiger partial charge in [-0.3, -0.25) is 14.7 Å². The first kappa shape index (κ1) is 20.7. The standard InChI is InChI=1S/C23H23ClN4O/c1-5-25-16(4)27-22-12-11-20(23(29)28(22)6-2)19-10-9-17(14-21(19)24)18-8-7-13-26-15(18)3/h5,7-11,13-14H,1,6,12H2,2-4H3. The Bertz CT molecular complexity index is 1050. The molecule has 148 valence electrons. The second-order valence-electron chi connectivity index (χ2n) is 6.59. The third-order valence-electron chi connectivity index (χ3n) is 4.74. The number of halogens is 1. The van der Waals surface area contributed by atoms with Crippen molar-refractivity contribution < 1.29 is 4.79 Å². The van der Waals surface area contributed by atoms with Crippen LogP contribution in [-0.2, 0) is 4.79 Å². The molecule has 5 nitrogen and oxygen atoms in total. The summed E-state index contributed by atoms with van der Waals surface area (Å²) in [4.78, 5) is 27.6. The first-order chi connectivity index (χ1) is 14.0. The van der Waals surface area contributed by atoms with E-state index in [0.29, 0.717) is 35.2 Å². The highest BCUT2D eigenvalue weighted by Crippen LogP contribution is 2.33. The van der Waals surface area contributed by atoms with Crippen molar-refractivity contribution in [1.29, 1.82) is 0 Å². The van der Waals surface area contributed by atoms with Crippen LogP contribution in [0.15, 0.2) is 65.4 Å². The lowest BCUT2D eigenvalue weighted by Gasteiger charge is -2.28. The lowest BCUT2D eigenvalue weighted by molar-refractivity contribution is -0.121. The van der Waals surface area contributed by atoms with Crippen LogP contribution in [-0.4, -0.2) is 34.0 Å². The van der Waals surface area contributed by atoms with E-state index in [1.54, 1.807) is 18.0 Å². The highest BCUT2D eigenvalue weighted by Gasteiger charge is 2.28. The van der Waals surface area contributed by atoms with E-state index in [1.807, 2.05) is 50.3 Å². The van der Waals surface area contributed by atoms with E-state index >= 15 is 0 Å². The molecule has 1 aromatic carbocycles. The fourth-order valence-electron chi connectivity index (χ4n) is 3.35. The number of carbonyl (C=O) groups is 1. The van der Waals surface area contributed by atoms with Crippen LogP contribution in [0, 0.1) is 6.92 Å². The molecule has 1 aliphatic rings. The minimum absolute atomic E-state index is 0.115. The van der Waals surface area contributed by atoms with Gasteiger partial charge in [-0.15, -0.1) is 0 Å². The van der Waals surface area contributed by atoms with Gasteiger partial charge >= 0.3 is 0 Å². The number of amides is 1. The maximum Gasteiger partial charge on any atom is 0.259 e. The fourth-order valence-corrected chi connectivity index (χ4v) is 3.63. The minimum Gasteiger partial charge on any atom is -0.296 e. The molecule has 0 unspecified atom stereocenters. The zero-order chi connectivity index (χ0) is 21.0. The van der Waals surface area contributed by atoms with E-state index in [-0.39, 0.29) is 5.91 Å². The molecule has 6 heteroatoms. The summed E-state index contributed by atoms with van der Waals surface area (Å²) in [6, 6.07) is 9.66. The molecule has 0 N–H and O–H groups in total. The molecule has 3 rings (SSSR count). The first-order valence-electron chi connectivity index (χ1n) is 9.43. The van der Waals surface area contributed by atoms with Gasteiger partial charge in [-0.1, -0.05) is 42.5 Å². The Balaban J connectivity index is 1.98. The Kier molecular flexibility index (Phi) is 6.39. The minimum atomic E-state index is -0.115. The van der Waals surface area contributed by atoms with Crippen LogP contribution in [0.3, 0.4) is 0 Å². The van der Waals surface area contributed by atoms with Crippen molar-refractivity contribution in [2.45, 2.75) is 27.2 Å². The molecule has 0 spiro atoms. The topological polar surface area (TPSA) is 57.9 Å². The largest absolute Gasteiger partial charge is 0.296 e. The van der Waals surface area contributed by atoms with Crippen molar-refractivity contribution in [1.82, 2.24) is 9.88 Å². The number of pyridine rings is 1. The molecule has 1 amide bonds. The van der Waals surface area contributed by atoms with Gasteiger partial charge in [0.2, 0.25) is 0 Å². The number of aromatic nitrogens is 1. The van der Waals surface area contributed by atoms with Gasteiger partial charge in [0.15, 0.2) is 0 Å². The summed E-state index contributed by atoms with van der Waals surface area (Å²) in [6.45, 7) is 9.75. The van der Waals surface area contributed by atoms with E-state index in [0.717, 1.165) is 22.4 Å². The van der Waals surface area contributed by atoms with Crippen LogP contribution >= 0.6 is 11.6 Å². The number of aliphatic imine (C=N–C) groups is 2. The molecule has 1 aromatic heterocycles. The Hall–Kier alpha value is -3.05. The summed E-state index contributed by atoms with van der Waals surface area (Å²) in [6.07, 6.45) is 5.61. The highest BCUT2D eigenvalue weighted by molar-refractivity contribution is 6.36. The average Bonchev–Trinajstić information content (AvgIpc) is 2.69. The van der Waals surface area contributed by atoms with Crippen LogP contribution in [0.1, 0.15) is 31.5 Å². The molecule has 0 radical (unpaired) electrons. The molecule has 2 aromatic rings. The summed E-state index contributed by atoms with van der Waals surface area (Å²) in [7, 11) is 0. The van der Waals surface area contributed by atoms with Gasteiger partial charge in [0.25, 0.3) is 5.91 Å². The monoisotopic (exact) mass is 406 g/mol. The smallest absolute Gasteiger partial charge is 0.259 e. The number of benzene rings is 1. The fraction of sp³-hybridized carbons (Fsp3) is 0.217. The van der Waals surface area contributed by atoms with Crippen LogP contribution in [0.2, 0.25) is 5.02 Å². The SMILES string of the molecule is C=CN=C(C)N=C1CC=C(c2ccc(-c3cccnc3C)cc2Cl)C(=O)N1CC. The average molecular weight is 407 g/mol. The normalized spacial score (nSPS) is 16.2. The number of amidine groups is 2. The maximum absolute atomic E-state index is 13.1. The summed E-state index contributed by atoms with van der Waals surface area (Å²) >= 11 is 6.59. The van der Waals surface area contributed by atoms with Gasteiger partial charge in [-0.05, 0) is 38.5 Å². The number of hydrogen-bond donors (Lipinski definition) is 0. The first-order valence-corrected chi connectivity index (χ1v) is 9.80. The van der Waals surface area contributed by atoms with E-state index in [4.69, 9.17) is 11.6 Å². The van der Waals surface area contributed by atoms with Gasteiger partial charge in [-0.2, -0.15) is 0 Å². The second kappa shape index (κ2) is 8.97. The molecule has 2 heterocycles. The molecule has 0 saturated heterocycles. The van der Waals surface area contributed by atoms with E-state index < -0.39 is 0 Å². The van der Waals surface area contributed by atoms with Crippen molar-refractivity contribution in [3.8, 4) is 11.1 Å². The zero-order valence-electron chi connectivity index (χ0n) is 16.8. The van der Waals surface area contributed by atoms with Crippen LogP contribution in [0.25, 0.3) is 16.7 Å². The number of nitrogens with zero attached hydrogens (tertiary/aromatic N) is 4. The van der Waals surface area contributed by atoms with Crippen LogP contribution in [0.5, 0.6) is 0 Å². The van der Waals surface area contributed by atoms with Crippen molar-refractivity contribution in [3.05, 3.63) is 71.7 Å². The van der Waals surface area contributed by atoms with Gasteiger partial charge in [0, 0.05) is 52.8 Å². The number of likely N-dealkylation sites (N-methyl/N-ethyl adjacent to an activating group) is 1. The van der Waals surface area contributed by atoms with E-state index in [9.17, 15) is 4.79 Å². The van der Waals surface area contributed by atoms with Gasteiger partial charge in [0.1, 0.15) is 11.7 Å². The van der Waals surface area contributed by atoms with Gasteiger partial charge in [0.05, 0.1) is 0 Å². The quantitative estimate of drug-likeness (QED) is 0.510. The molecular weight excluding hydrogens is 384 g/mol. The maximum atomic E-state index is 13.1. The van der Waals surface area contributed by atoms with E-state index in [1.165, 1.54) is 6.20 Å². The van der Waals surface area contributed by atoms with Crippen molar-refractivity contribution >= 4 is 34.8 Å². The third-order valence-corrected chi connectivity index (χ3v) is 5.05. The summed E-state index contributed by atoms with van der Waals surface area (Å²) in [5.41, 5.74) is 4.23. The van der Waals surface area contributed by atoms with Crippen LogP contribution in [0.4, 0.5) is 0 Å². The Labute approximate surface area is 176 Å². The molecular formula is C23H23ClN4O. The number of aryl methyl sites for hydroxylation is 1. The third kappa shape index (κ3) is 4.35. The Morgan fingerprint density at radius 1 is 1.34 bits per heavy atom. The molecule has 1 aliphatic heterocycles. The molecule has 0 bridgehead atoms. The second-order valence-corrected chi connectivity index (χ2v) is 7.00. The Morgan fingerprint density at radius 2 is 2.14 bits per heavy atom. The van der Waals surface area contributed by atoms with Gasteiger partial charge in [-0.25, -0.2) is 9.98 Å². The predicted molar refractivity (Wildman–Crippen MR) is 120 cm³/mol. The zero-order valence-corrected chi connectivity index (χ0v) is 17.6. The van der Waals surface area contributed by atoms with E-state index in [2.05, 4.69) is 21.5 Å². The predicted octanol–water partition coefficient (Wildman–Crippen LogP) is 5.31. The lowest BCUT2D eigenvalue weighted by Crippen LogP contribution is -2.40. The number of hydrogen-bond acceptors (Lipinski definition) is 3. The number of carbonyl (C=O) groups excluding carboxylic acids is 1. The summed E-state index contributed by atoms with van der Waals surface area (Å²) in [5, 5.41) is 0.534. The number of rotatable bonds is 4. The van der Waals surface area contributed by atoms with Crippen molar-refractivity contribution in [2.75, 3.05) is 6.54 Å². The van der Waals surface area contributed by atoms with Crippen molar-refractivity contribution in [2.24, 2.45) is 9.98 Å².